The van der Waals surface area contributed by atoms with Gasteiger partial charge in [0.2, 0.25) is 0 Å². The Labute approximate surface area is 78.6 Å². The van der Waals surface area contributed by atoms with E-state index in [2.05, 4.69) is 4.98 Å². The minimum atomic E-state index is -0.685. The predicted molar refractivity (Wildman–Crippen MR) is 51.1 cm³/mol. The van der Waals surface area contributed by atoms with Gasteiger partial charge in [0.25, 0.3) is 0 Å². The first-order valence-corrected chi connectivity index (χ1v) is 4.81. The Bertz CT molecular complexity index is 277. The summed E-state index contributed by atoms with van der Waals surface area (Å²) < 4.78 is 0. The molecule has 1 unspecified atom stereocenters. The molecule has 0 amide bonds. The molecule has 2 nitrogen and oxygen atoms in total. The average molecular weight is 177 g/mol. The quantitative estimate of drug-likeness (QED) is 0.766. The highest BCUT2D eigenvalue weighted by Gasteiger charge is 2.32. The first kappa shape index (κ1) is 8.70. The first-order chi connectivity index (χ1) is 6.18. The van der Waals surface area contributed by atoms with Crippen molar-refractivity contribution in [1.29, 1.82) is 0 Å². The zero-order chi connectivity index (χ0) is 9.31. The van der Waals surface area contributed by atoms with Gasteiger partial charge in [-0.3, -0.25) is 4.98 Å². The second kappa shape index (κ2) is 3.11. The maximum atomic E-state index is 10.2. The van der Waals surface area contributed by atoms with Crippen molar-refractivity contribution >= 4 is 0 Å². The second-order valence-corrected chi connectivity index (χ2v) is 4.16. The lowest BCUT2D eigenvalue weighted by molar-refractivity contribution is 0.0414. The van der Waals surface area contributed by atoms with Gasteiger partial charge in [-0.05, 0) is 25.3 Å². The molecule has 1 atom stereocenters. The molecule has 0 aliphatic heterocycles. The maximum absolute atomic E-state index is 10.2. The van der Waals surface area contributed by atoms with Crippen LogP contribution >= 0.6 is 0 Å². The standard InChI is InChI=1S/C11H15NO/c1-11(13,7-9-4-5-9)10-3-2-6-12-8-10/h2-3,6,8-9,13H,4-5,7H2,1H3. The van der Waals surface area contributed by atoms with Gasteiger partial charge in [-0.25, -0.2) is 0 Å². The van der Waals surface area contributed by atoms with E-state index in [9.17, 15) is 5.11 Å². The maximum Gasteiger partial charge on any atom is 0.0886 e. The van der Waals surface area contributed by atoms with Crippen LogP contribution in [0.15, 0.2) is 24.5 Å². The van der Waals surface area contributed by atoms with Crippen LogP contribution in [0, 0.1) is 5.92 Å². The number of hydrogen-bond acceptors (Lipinski definition) is 2. The first-order valence-electron chi connectivity index (χ1n) is 4.81. The van der Waals surface area contributed by atoms with Gasteiger partial charge in [0.15, 0.2) is 0 Å². The van der Waals surface area contributed by atoms with Gasteiger partial charge in [-0.15, -0.1) is 0 Å². The lowest BCUT2D eigenvalue weighted by atomic mass is 9.92. The smallest absolute Gasteiger partial charge is 0.0886 e. The van der Waals surface area contributed by atoms with Gasteiger partial charge in [-0.1, -0.05) is 18.9 Å². The van der Waals surface area contributed by atoms with E-state index >= 15 is 0 Å². The summed E-state index contributed by atoms with van der Waals surface area (Å²) in [6, 6.07) is 3.81. The number of nitrogens with zero attached hydrogens (tertiary/aromatic N) is 1. The van der Waals surface area contributed by atoms with Crippen LogP contribution in [0.4, 0.5) is 0 Å². The minimum Gasteiger partial charge on any atom is -0.385 e. The monoisotopic (exact) mass is 177 g/mol. The molecular weight excluding hydrogens is 162 g/mol. The van der Waals surface area contributed by atoms with Crippen LogP contribution < -0.4 is 0 Å². The number of hydrogen-bond donors (Lipinski definition) is 1. The molecule has 0 spiro atoms. The van der Waals surface area contributed by atoms with Crippen LogP contribution in [0.1, 0.15) is 31.7 Å². The fourth-order valence-electron chi connectivity index (χ4n) is 1.68. The third kappa shape index (κ3) is 2.07. The van der Waals surface area contributed by atoms with E-state index in [4.69, 9.17) is 0 Å². The molecule has 0 radical (unpaired) electrons. The van der Waals surface area contributed by atoms with E-state index in [0.717, 1.165) is 17.9 Å². The van der Waals surface area contributed by atoms with Crippen LogP contribution in [0.5, 0.6) is 0 Å². The molecule has 0 bridgehead atoms. The van der Waals surface area contributed by atoms with Crippen molar-refractivity contribution in [2.45, 2.75) is 31.8 Å². The minimum absolute atomic E-state index is 0.685. The van der Waals surface area contributed by atoms with Crippen LogP contribution in [0.2, 0.25) is 0 Å². The van der Waals surface area contributed by atoms with Crippen molar-refractivity contribution in [3.63, 3.8) is 0 Å². The summed E-state index contributed by atoms with van der Waals surface area (Å²) in [5, 5.41) is 10.2. The number of rotatable bonds is 3. The molecule has 2 rings (SSSR count). The fraction of sp³-hybridized carbons (Fsp3) is 0.545. The Morgan fingerprint density at radius 1 is 1.62 bits per heavy atom. The lowest BCUT2D eigenvalue weighted by Crippen LogP contribution is -2.21. The van der Waals surface area contributed by atoms with Crippen molar-refractivity contribution in [3.8, 4) is 0 Å². The molecule has 0 saturated heterocycles. The molecule has 1 aliphatic rings. The highest BCUT2D eigenvalue weighted by molar-refractivity contribution is 5.17. The van der Waals surface area contributed by atoms with E-state index in [1.807, 2.05) is 19.1 Å². The third-order valence-electron chi connectivity index (χ3n) is 2.67. The van der Waals surface area contributed by atoms with Crippen molar-refractivity contribution in [1.82, 2.24) is 4.98 Å². The molecule has 1 fully saturated rings. The molecule has 1 aliphatic carbocycles. The highest BCUT2D eigenvalue weighted by Crippen LogP contribution is 2.40. The molecule has 0 aromatic carbocycles. The summed E-state index contributed by atoms with van der Waals surface area (Å²) in [6.07, 6.45) is 6.91. The van der Waals surface area contributed by atoms with Crippen LogP contribution in [-0.4, -0.2) is 10.1 Å². The van der Waals surface area contributed by atoms with Crippen molar-refractivity contribution in [3.05, 3.63) is 30.1 Å². The molecule has 1 saturated carbocycles. The largest absolute Gasteiger partial charge is 0.385 e. The molecular formula is C11H15NO. The van der Waals surface area contributed by atoms with E-state index in [1.54, 1.807) is 12.4 Å². The van der Waals surface area contributed by atoms with Crippen LogP contribution in [-0.2, 0) is 5.60 Å². The summed E-state index contributed by atoms with van der Waals surface area (Å²) in [6.45, 7) is 1.88. The van der Waals surface area contributed by atoms with Gasteiger partial charge in [0.05, 0.1) is 5.60 Å². The zero-order valence-corrected chi connectivity index (χ0v) is 7.90. The van der Waals surface area contributed by atoms with E-state index in [-0.39, 0.29) is 0 Å². The van der Waals surface area contributed by atoms with E-state index < -0.39 is 5.60 Å². The van der Waals surface area contributed by atoms with Gasteiger partial charge >= 0.3 is 0 Å². The van der Waals surface area contributed by atoms with Crippen molar-refractivity contribution < 1.29 is 5.11 Å². The fourth-order valence-corrected chi connectivity index (χ4v) is 1.68. The molecule has 70 valence electrons. The summed E-state index contributed by atoms with van der Waals surface area (Å²) in [7, 11) is 0. The van der Waals surface area contributed by atoms with Gasteiger partial charge in [0.1, 0.15) is 0 Å². The summed E-state index contributed by atoms with van der Waals surface area (Å²) in [5.74, 6) is 0.732. The Morgan fingerprint density at radius 3 is 2.92 bits per heavy atom. The average Bonchev–Trinajstić information content (AvgIpc) is 2.89. The normalized spacial score (nSPS) is 21.1. The lowest BCUT2D eigenvalue weighted by Gasteiger charge is -2.23. The summed E-state index contributed by atoms with van der Waals surface area (Å²) in [4.78, 5) is 4.02. The number of pyridine rings is 1. The SMILES string of the molecule is CC(O)(CC1CC1)c1cccnc1. The molecule has 1 aromatic heterocycles. The summed E-state index contributed by atoms with van der Waals surface area (Å²) >= 11 is 0. The molecule has 2 heteroatoms. The van der Waals surface area contributed by atoms with Gasteiger partial charge in [0, 0.05) is 18.0 Å². The Morgan fingerprint density at radius 2 is 2.38 bits per heavy atom. The molecule has 1 aromatic rings. The summed E-state index contributed by atoms with van der Waals surface area (Å²) in [5.41, 5.74) is 0.247. The topological polar surface area (TPSA) is 33.1 Å². The third-order valence-corrected chi connectivity index (χ3v) is 2.67. The van der Waals surface area contributed by atoms with Crippen molar-refractivity contribution in [2.75, 3.05) is 0 Å². The molecule has 13 heavy (non-hydrogen) atoms. The zero-order valence-electron chi connectivity index (χ0n) is 7.90. The number of aromatic nitrogens is 1. The van der Waals surface area contributed by atoms with Crippen LogP contribution in [0.25, 0.3) is 0 Å². The molecule has 1 heterocycles. The van der Waals surface area contributed by atoms with Gasteiger partial charge < -0.3 is 5.11 Å². The van der Waals surface area contributed by atoms with Crippen LogP contribution in [0.3, 0.4) is 0 Å². The highest BCUT2D eigenvalue weighted by atomic mass is 16.3. The predicted octanol–water partition coefficient (Wildman–Crippen LogP) is 2.09. The number of aliphatic hydroxyl groups is 1. The van der Waals surface area contributed by atoms with E-state index in [0.29, 0.717) is 0 Å². The Hall–Kier alpha value is -0.890. The molecule has 1 N–H and O–H groups in total. The van der Waals surface area contributed by atoms with Gasteiger partial charge in [-0.2, -0.15) is 0 Å². The van der Waals surface area contributed by atoms with E-state index in [1.165, 1.54) is 12.8 Å². The Balaban J connectivity index is 2.12. The van der Waals surface area contributed by atoms with Crippen molar-refractivity contribution in [2.24, 2.45) is 5.92 Å². The second-order valence-electron chi connectivity index (χ2n) is 4.16. The Kier molecular flexibility index (Phi) is 2.08.